The first-order valence-corrected chi connectivity index (χ1v) is 10.4. The largest absolute Gasteiger partial charge is 0.494 e. The first-order valence-electron chi connectivity index (χ1n) is 10.4. The van der Waals surface area contributed by atoms with Crippen molar-refractivity contribution in [3.8, 4) is 5.88 Å². The maximum atomic E-state index is 12.4. The van der Waals surface area contributed by atoms with Crippen molar-refractivity contribution in [2.45, 2.75) is 48.8 Å². The van der Waals surface area contributed by atoms with E-state index in [-0.39, 0.29) is 17.7 Å². The van der Waals surface area contributed by atoms with Crippen LogP contribution in [-0.4, -0.2) is 114 Å². The molecular weight excluding hydrogens is 474 g/mol. The van der Waals surface area contributed by atoms with Crippen molar-refractivity contribution in [2.24, 2.45) is 4.99 Å². The molecule has 3 aliphatic heterocycles. The molecule has 2 amide bonds. The summed E-state index contributed by atoms with van der Waals surface area (Å²) in [6.07, 6.45) is -11.2. The van der Waals surface area contributed by atoms with Gasteiger partial charge in [-0.05, 0) is 12.1 Å². The van der Waals surface area contributed by atoms with Crippen molar-refractivity contribution in [2.75, 3.05) is 13.2 Å². The van der Waals surface area contributed by atoms with E-state index in [0.717, 1.165) is 12.1 Å². The number of aliphatic hydroxyl groups excluding tert-OH is 6. The summed E-state index contributed by atoms with van der Waals surface area (Å²) in [5.74, 6) is -2.67. The molecule has 8 atom stereocenters. The molecule has 3 aliphatic rings. The number of carbonyl (C=O) groups is 2. The fraction of sp³-hybridized carbons (Fsp3) is 0.500. The predicted molar refractivity (Wildman–Crippen MR) is 112 cm³/mol. The first-order chi connectivity index (χ1) is 16.5. The fourth-order valence-electron chi connectivity index (χ4n) is 3.93. The highest BCUT2D eigenvalue weighted by Crippen LogP contribution is 2.34. The topological polar surface area (TPSA) is 251 Å². The zero-order valence-electron chi connectivity index (χ0n) is 17.8. The second kappa shape index (κ2) is 9.56. The van der Waals surface area contributed by atoms with Gasteiger partial charge in [0.2, 0.25) is 0 Å². The number of rotatable bonds is 3. The number of aromatic nitrogens is 1. The molecule has 190 valence electrons. The van der Waals surface area contributed by atoms with E-state index in [1.54, 1.807) is 0 Å². The molecule has 0 radical (unpaired) electrons. The molecule has 4 rings (SSSR count). The number of aromatic amines is 1. The first kappa shape index (κ1) is 25.1. The minimum atomic E-state index is -1.71. The van der Waals surface area contributed by atoms with E-state index in [4.69, 9.17) is 9.47 Å². The van der Waals surface area contributed by atoms with Gasteiger partial charge in [-0.2, -0.15) is 0 Å². The lowest BCUT2D eigenvalue weighted by molar-refractivity contribution is -0.189. The van der Waals surface area contributed by atoms with Crippen molar-refractivity contribution in [1.29, 1.82) is 0 Å². The lowest BCUT2D eigenvalue weighted by Gasteiger charge is -2.36. The normalized spacial score (nSPS) is 37.2. The van der Waals surface area contributed by atoms with E-state index < -0.39 is 90.1 Å². The summed E-state index contributed by atoms with van der Waals surface area (Å²) in [5.41, 5.74) is -2.40. The summed E-state index contributed by atoms with van der Waals surface area (Å²) >= 11 is 0. The highest BCUT2D eigenvalue weighted by molar-refractivity contribution is 6.49. The van der Waals surface area contributed by atoms with Crippen LogP contribution >= 0.6 is 0 Å². The number of nitrogens with zero attached hydrogens (tertiary/aromatic N) is 1. The Labute approximate surface area is 195 Å². The smallest absolute Gasteiger partial charge is 0.276 e. The van der Waals surface area contributed by atoms with Crippen LogP contribution in [0, 0.1) is 0 Å². The van der Waals surface area contributed by atoms with Crippen LogP contribution in [0.5, 0.6) is 5.88 Å². The number of aromatic hydroxyl groups is 1. The highest BCUT2D eigenvalue weighted by atomic mass is 16.5. The zero-order chi connectivity index (χ0) is 25.6. The second-order valence-corrected chi connectivity index (χ2v) is 8.27. The minimum absolute atomic E-state index is 0.206. The third kappa shape index (κ3) is 4.63. The Balaban J connectivity index is 1.71. The average Bonchev–Trinajstić information content (AvgIpc) is 2.80. The van der Waals surface area contributed by atoms with Gasteiger partial charge in [0.05, 0.1) is 18.8 Å². The Morgan fingerprint density at radius 2 is 1.40 bits per heavy atom. The molecule has 0 aromatic carbocycles. The van der Waals surface area contributed by atoms with Crippen LogP contribution in [0.3, 0.4) is 0 Å². The molecule has 15 heteroatoms. The Morgan fingerprint density at radius 3 is 2.03 bits per heavy atom. The van der Waals surface area contributed by atoms with Gasteiger partial charge in [-0.3, -0.25) is 24.7 Å². The number of nitrogens with one attached hydrogen (secondary N) is 2. The Kier molecular flexibility index (Phi) is 6.85. The number of hydrogen-bond acceptors (Lipinski definition) is 13. The third-order valence-corrected chi connectivity index (χ3v) is 5.90. The SMILES string of the molecule is O=C1NC(=O)C(=Nc2cc([C@@H]3OC[C@H](O)[C@H](O)[C@H]3O)c(O)[nH]c2=O)C=C1[C@H]1OC[C@@H](O)[C@H](O)[C@H]1O. The molecule has 0 aliphatic carbocycles. The number of ether oxygens (including phenoxy) is 2. The quantitative estimate of drug-likeness (QED) is 0.179. The molecule has 2 saturated heterocycles. The number of pyridine rings is 1. The van der Waals surface area contributed by atoms with Crippen molar-refractivity contribution in [3.63, 3.8) is 0 Å². The van der Waals surface area contributed by atoms with Crippen molar-refractivity contribution >= 4 is 23.2 Å². The minimum Gasteiger partial charge on any atom is -0.494 e. The van der Waals surface area contributed by atoms with Crippen LogP contribution in [0.2, 0.25) is 0 Å². The van der Waals surface area contributed by atoms with Gasteiger partial charge in [0.1, 0.15) is 60.2 Å². The molecule has 1 aromatic heterocycles. The summed E-state index contributed by atoms with van der Waals surface area (Å²) in [6, 6.07) is 0.989. The second-order valence-electron chi connectivity index (χ2n) is 8.27. The summed E-state index contributed by atoms with van der Waals surface area (Å²) in [7, 11) is 0. The molecular formula is C20H23N3O12. The predicted octanol–water partition coefficient (Wildman–Crippen LogP) is -4.63. The number of aliphatic hydroxyl groups is 6. The van der Waals surface area contributed by atoms with Crippen molar-refractivity contribution < 1.29 is 54.8 Å². The van der Waals surface area contributed by atoms with E-state index in [2.05, 4.69) is 9.98 Å². The molecule has 0 spiro atoms. The Hall–Kier alpha value is -3.02. The van der Waals surface area contributed by atoms with Crippen LogP contribution in [0.4, 0.5) is 5.69 Å². The Morgan fingerprint density at radius 1 is 0.829 bits per heavy atom. The lowest BCUT2D eigenvalue weighted by Crippen LogP contribution is -2.56. The molecule has 15 nitrogen and oxygen atoms in total. The van der Waals surface area contributed by atoms with Crippen molar-refractivity contribution in [3.05, 3.63) is 33.6 Å². The summed E-state index contributed by atoms with van der Waals surface area (Å²) in [6.45, 7) is -0.786. The molecule has 1 aromatic rings. The fourth-order valence-corrected chi connectivity index (χ4v) is 3.93. The molecule has 2 fully saturated rings. The van der Waals surface area contributed by atoms with E-state index in [0.29, 0.717) is 0 Å². The maximum Gasteiger partial charge on any atom is 0.276 e. The molecule has 0 unspecified atom stereocenters. The van der Waals surface area contributed by atoms with E-state index in [1.807, 2.05) is 5.32 Å². The summed E-state index contributed by atoms with van der Waals surface area (Å²) in [4.78, 5) is 43.0. The standard InChI is InChI=1S/C20H23N3O12/c24-9-3-34-15(13(28)11(9)26)5-1-7(19(32)22-17(5)30)21-8-2-6(18(31)23-20(8)33)16-14(29)12(27)10(25)4-35-16/h1-2,9-16,24-29H,3-4H2,(H,22,30,32)(H2,23,31,33)/t9-,10+,11+,12+,13-,14-,15-,16+/m1/s1. The number of imide groups is 1. The molecule has 35 heavy (non-hydrogen) atoms. The molecule has 0 bridgehead atoms. The van der Waals surface area contributed by atoms with Gasteiger partial charge in [0.25, 0.3) is 17.4 Å². The summed E-state index contributed by atoms with van der Waals surface area (Å²) in [5, 5.41) is 71.6. The number of amides is 2. The monoisotopic (exact) mass is 497 g/mol. The van der Waals surface area contributed by atoms with Gasteiger partial charge in [0, 0.05) is 5.56 Å². The van der Waals surface area contributed by atoms with Crippen LogP contribution in [-0.2, 0) is 19.1 Å². The van der Waals surface area contributed by atoms with Crippen molar-refractivity contribution in [1.82, 2.24) is 10.3 Å². The molecule has 4 heterocycles. The van der Waals surface area contributed by atoms with Gasteiger partial charge in [-0.25, -0.2) is 4.99 Å². The zero-order valence-corrected chi connectivity index (χ0v) is 17.8. The third-order valence-electron chi connectivity index (χ3n) is 5.90. The van der Waals surface area contributed by atoms with E-state index in [1.165, 1.54) is 0 Å². The van der Waals surface area contributed by atoms with Gasteiger partial charge in [-0.1, -0.05) is 0 Å². The van der Waals surface area contributed by atoms with Crippen LogP contribution in [0.15, 0.2) is 27.5 Å². The van der Waals surface area contributed by atoms with Crippen LogP contribution in [0.1, 0.15) is 11.7 Å². The summed E-state index contributed by atoms with van der Waals surface area (Å²) < 4.78 is 10.5. The van der Waals surface area contributed by atoms with Crippen LogP contribution in [0.25, 0.3) is 0 Å². The Bertz CT molecular complexity index is 1150. The maximum absolute atomic E-state index is 12.4. The molecule has 9 N–H and O–H groups in total. The van der Waals surface area contributed by atoms with Gasteiger partial charge in [0.15, 0.2) is 5.88 Å². The van der Waals surface area contributed by atoms with Crippen LogP contribution < -0.4 is 10.9 Å². The molecule has 0 saturated carbocycles. The number of carbonyl (C=O) groups excluding carboxylic acids is 2. The van der Waals surface area contributed by atoms with Gasteiger partial charge < -0.3 is 45.2 Å². The number of aliphatic imine (C=N–C) groups is 1. The lowest BCUT2D eigenvalue weighted by atomic mass is 9.92. The van der Waals surface area contributed by atoms with E-state index in [9.17, 15) is 50.1 Å². The number of H-pyrrole nitrogens is 1. The highest BCUT2D eigenvalue weighted by Gasteiger charge is 2.43. The van der Waals surface area contributed by atoms with Gasteiger partial charge >= 0.3 is 0 Å². The average molecular weight is 497 g/mol. The van der Waals surface area contributed by atoms with Gasteiger partial charge in [-0.15, -0.1) is 0 Å². The van der Waals surface area contributed by atoms with E-state index >= 15 is 0 Å². The number of hydrogen-bond donors (Lipinski definition) is 9.